The monoisotopic (exact) mass is 279 g/mol. The van der Waals surface area contributed by atoms with E-state index in [4.69, 9.17) is 4.74 Å². The second kappa shape index (κ2) is 5.28. The molecule has 1 aliphatic rings. The van der Waals surface area contributed by atoms with E-state index < -0.39 is 11.6 Å². The van der Waals surface area contributed by atoms with Crippen molar-refractivity contribution >= 4 is 0 Å². The quantitative estimate of drug-likeness (QED) is 0.848. The summed E-state index contributed by atoms with van der Waals surface area (Å²) in [5.41, 5.74) is -0.115. The lowest BCUT2D eigenvalue weighted by Gasteiger charge is -2.22. The molecule has 4 nitrogen and oxygen atoms in total. The van der Waals surface area contributed by atoms with Crippen LogP contribution in [0.1, 0.15) is 30.4 Å². The van der Waals surface area contributed by atoms with Gasteiger partial charge in [-0.3, -0.25) is 4.57 Å². The molecule has 3 rings (SSSR count). The van der Waals surface area contributed by atoms with Gasteiger partial charge in [0, 0.05) is 12.5 Å². The zero-order valence-electron chi connectivity index (χ0n) is 11.1. The molecule has 0 saturated carbocycles. The zero-order chi connectivity index (χ0) is 14.1. The molecular formula is C14H15F2N3O. The van der Waals surface area contributed by atoms with Crippen LogP contribution in [0, 0.1) is 18.6 Å². The van der Waals surface area contributed by atoms with Crippen molar-refractivity contribution in [3.8, 4) is 5.69 Å². The first-order chi connectivity index (χ1) is 9.68. The molecule has 1 aromatic carbocycles. The van der Waals surface area contributed by atoms with Gasteiger partial charge in [-0.15, -0.1) is 10.2 Å². The van der Waals surface area contributed by atoms with Gasteiger partial charge in [-0.05, 0) is 31.9 Å². The van der Waals surface area contributed by atoms with Crippen molar-refractivity contribution in [2.45, 2.75) is 25.7 Å². The van der Waals surface area contributed by atoms with Crippen LogP contribution in [0.4, 0.5) is 8.78 Å². The molecule has 20 heavy (non-hydrogen) atoms. The van der Waals surface area contributed by atoms with E-state index >= 15 is 0 Å². The van der Waals surface area contributed by atoms with Gasteiger partial charge in [0.25, 0.3) is 0 Å². The summed E-state index contributed by atoms with van der Waals surface area (Å²) < 4.78 is 34.9. The smallest absolute Gasteiger partial charge is 0.150 e. The maximum absolute atomic E-state index is 14.0. The number of nitrogens with zero attached hydrogens (tertiary/aromatic N) is 3. The Morgan fingerprint density at radius 3 is 2.65 bits per heavy atom. The number of benzene rings is 1. The predicted octanol–water partition coefficient (Wildman–Crippen LogP) is 2.75. The third-order valence-corrected chi connectivity index (χ3v) is 3.54. The fourth-order valence-electron chi connectivity index (χ4n) is 2.57. The molecule has 1 aromatic heterocycles. The molecule has 2 heterocycles. The van der Waals surface area contributed by atoms with Crippen LogP contribution in [-0.2, 0) is 4.74 Å². The van der Waals surface area contributed by atoms with Crippen LogP contribution in [0.2, 0.25) is 0 Å². The summed E-state index contributed by atoms with van der Waals surface area (Å²) in [6.45, 7) is 2.91. The van der Waals surface area contributed by atoms with Crippen LogP contribution in [-0.4, -0.2) is 28.0 Å². The number of rotatable bonds is 2. The lowest BCUT2D eigenvalue weighted by molar-refractivity contribution is 0.0775. The van der Waals surface area contributed by atoms with Crippen molar-refractivity contribution in [3.63, 3.8) is 0 Å². The van der Waals surface area contributed by atoms with Gasteiger partial charge in [-0.1, -0.05) is 6.07 Å². The van der Waals surface area contributed by atoms with Crippen LogP contribution >= 0.6 is 0 Å². The molecule has 106 valence electrons. The van der Waals surface area contributed by atoms with Gasteiger partial charge in [0.05, 0.1) is 6.61 Å². The van der Waals surface area contributed by atoms with Crippen LogP contribution in [0.25, 0.3) is 5.69 Å². The summed E-state index contributed by atoms with van der Waals surface area (Å²) in [6.07, 6.45) is 1.80. The van der Waals surface area contributed by atoms with E-state index in [9.17, 15) is 8.78 Å². The van der Waals surface area contributed by atoms with Crippen molar-refractivity contribution in [3.05, 3.63) is 41.5 Å². The van der Waals surface area contributed by atoms with Crippen molar-refractivity contribution in [2.75, 3.05) is 13.2 Å². The van der Waals surface area contributed by atoms with Crippen molar-refractivity contribution in [1.82, 2.24) is 14.8 Å². The topological polar surface area (TPSA) is 39.9 Å². The second-order valence-corrected chi connectivity index (χ2v) is 4.93. The van der Waals surface area contributed by atoms with Gasteiger partial charge in [0.2, 0.25) is 0 Å². The highest BCUT2D eigenvalue weighted by atomic mass is 19.1. The van der Waals surface area contributed by atoms with Gasteiger partial charge in [0.1, 0.15) is 29.0 Å². The van der Waals surface area contributed by atoms with Crippen LogP contribution in [0.5, 0.6) is 0 Å². The summed E-state index contributed by atoms with van der Waals surface area (Å²) >= 11 is 0. The average molecular weight is 279 g/mol. The highest BCUT2D eigenvalue weighted by molar-refractivity contribution is 5.38. The molecule has 2 aromatic rings. The molecule has 1 saturated heterocycles. The Hall–Kier alpha value is -1.82. The molecule has 1 fully saturated rings. The van der Waals surface area contributed by atoms with Crippen molar-refractivity contribution in [1.29, 1.82) is 0 Å². The minimum Gasteiger partial charge on any atom is -0.381 e. The van der Waals surface area contributed by atoms with E-state index in [1.165, 1.54) is 22.8 Å². The van der Waals surface area contributed by atoms with Crippen LogP contribution in [0.15, 0.2) is 18.2 Å². The van der Waals surface area contributed by atoms with Gasteiger partial charge in [-0.2, -0.15) is 0 Å². The molecule has 0 aliphatic carbocycles. The molecule has 0 bridgehead atoms. The minimum atomic E-state index is -0.620. The molecule has 0 radical (unpaired) electrons. The number of aryl methyl sites for hydroxylation is 1. The number of hydrogen-bond acceptors (Lipinski definition) is 3. The lowest BCUT2D eigenvalue weighted by atomic mass is 10.0. The fourth-order valence-corrected chi connectivity index (χ4v) is 2.57. The summed E-state index contributed by atoms with van der Waals surface area (Å²) in [4.78, 5) is 0. The van der Waals surface area contributed by atoms with Gasteiger partial charge in [-0.25, -0.2) is 8.78 Å². The Morgan fingerprint density at radius 2 is 2.00 bits per heavy atom. The van der Waals surface area contributed by atoms with E-state index in [1.807, 2.05) is 0 Å². The number of para-hydroxylation sites is 1. The number of hydrogen-bond donors (Lipinski definition) is 0. The summed E-state index contributed by atoms with van der Waals surface area (Å²) in [5, 5.41) is 8.07. The first kappa shape index (κ1) is 13.2. The first-order valence-electron chi connectivity index (χ1n) is 6.62. The SMILES string of the molecule is Cc1nnc([C@H]2CCCOC2)n1-c1c(F)cccc1F. The standard InChI is InChI=1S/C14H15F2N3O/c1-9-17-18-14(10-4-3-7-20-8-10)19(9)13-11(15)5-2-6-12(13)16/h2,5-6,10H,3-4,7-8H2,1H3/t10-/m0/s1. The van der Waals surface area contributed by atoms with E-state index in [0.29, 0.717) is 18.3 Å². The van der Waals surface area contributed by atoms with Gasteiger partial charge < -0.3 is 4.74 Å². The Kier molecular flexibility index (Phi) is 3.48. The van der Waals surface area contributed by atoms with E-state index in [2.05, 4.69) is 10.2 Å². The highest BCUT2D eigenvalue weighted by Gasteiger charge is 2.26. The summed E-state index contributed by atoms with van der Waals surface area (Å²) in [7, 11) is 0. The average Bonchev–Trinajstić information content (AvgIpc) is 2.82. The predicted molar refractivity (Wildman–Crippen MR) is 68.8 cm³/mol. The van der Waals surface area contributed by atoms with Crippen molar-refractivity contribution < 1.29 is 13.5 Å². The zero-order valence-corrected chi connectivity index (χ0v) is 11.1. The Bertz CT molecular complexity index is 601. The molecule has 6 heteroatoms. The van der Waals surface area contributed by atoms with E-state index in [-0.39, 0.29) is 11.6 Å². The maximum atomic E-state index is 14.0. The Labute approximate surface area is 115 Å². The third kappa shape index (κ3) is 2.20. The third-order valence-electron chi connectivity index (χ3n) is 3.54. The summed E-state index contributed by atoms with van der Waals surface area (Å²) in [5.74, 6) is -0.193. The first-order valence-corrected chi connectivity index (χ1v) is 6.62. The number of aromatic nitrogens is 3. The molecule has 1 aliphatic heterocycles. The minimum absolute atomic E-state index is 0.0176. The molecule has 1 atom stereocenters. The fraction of sp³-hybridized carbons (Fsp3) is 0.429. The molecule has 0 spiro atoms. The maximum Gasteiger partial charge on any atom is 0.150 e. The molecular weight excluding hydrogens is 264 g/mol. The molecule has 0 N–H and O–H groups in total. The van der Waals surface area contributed by atoms with Gasteiger partial charge in [0.15, 0.2) is 0 Å². The normalized spacial score (nSPS) is 19.2. The highest BCUT2D eigenvalue weighted by Crippen LogP contribution is 2.28. The van der Waals surface area contributed by atoms with Crippen LogP contribution < -0.4 is 0 Å². The second-order valence-electron chi connectivity index (χ2n) is 4.93. The molecule has 0 amide bonds. The molecule has 0 unspecified atom stereocenters. The summed E-state index contributed by atoms with van der Waals surface area (Å²) in [6, 6.07) is 3.81. The van der Waals surface area contributed by atoms with E-state index in [0.717, 1.165) is 19.4 Å². The van der Waals surface area contributed by atoms with Crippen LogP contribution in [0.3, 0.4) is 0 Å². The van der Waals surface area contributed by atoms with Gasteiger partial charge >= 0.3 is 0 Å². The lowest BCUT2D eigenvalue weighted by Crippen LogP contribution is -2.20. The number of halogens is 2. The van der Waals surface area contributed by atoms with E-state index in [1.54, 1.807) is 6.92 Å². The number of ether oxygens (including phenoxy) is 1. The van der Waals surface area contributed by atoms with Crippen molar-refractivity contribution in [2.24, 2.45) is 0 Å². The largest absolute Gasteiger partial charge is 0.381 e. The Balaban J connectivity index is 2.11. The Morgan fingerprint density at radius 1 is 1.25 bits per heavy atom.